The highest BCUT2D eigenvalue weighted by Crippen LogP contribution is 2.19. The Morgan fingerprint density at radius 1 is 1.25 bits per heavy atom. The van der Waals surface area contributed by atoms with Crippen LogP contribution in [-0.2, 0) is 4.79 Å². The lowest BCUT2D eigenvalue weighted by Gasteiger charge is -2.02. The number of para-hydroxylation sites is 1. The van der Waals surface area contributed by atoms with Crippen LogP contribution in [0.15, 0.2) is 46.9 Å². The minimum Gasteiger partial charge on any atom is -0.358 e. The van der Waals surface area contributed by atoms with Crippen LogP contribution in [0, 0.1) is 6.92 Å². The molecule has 0 aliphatic rings. The van der Waals surface area contributed by atoms with Gasteiger partial charge in [0.15, 0.2) is 0 Å². The number of carbonyl (C=O) groups is 2. The third-order valence-electron chi connectivity index (χ3n) is 3.48. The number of thiophene rings is 1. The van der Waals surface area contributed by atoms with Gasteiger partial charge in [-0.1, -0.05) is 24.3 Å². The molecule has 0 aliphatic carbocycles. The maximum absolute atomic E-state index is 11.8. The Balaban J connectivity index is 1.56. The van der Waals surface area contributed by atoms with Gasteiger partial charge in [-0.15, -0.1) is 11.3 Å². The minimum atomic E-state index is -0.381. The van der Waals surface area contributed by atoms with E-state index in [2.05, 4.69) is 20.8 Å². The molecule has 3 N–H and O–H groups in total. The lowest BCUT2D eigenvalue weighted by molar-refractivity contribution is -0.120. The van der Waals surface area contributed by atoms with Gasteiger partial charge in [-0.25, -0.2) is 5.43 Å². The molecule has 0 saturated carbocycles. The fourth-order valence-electron chi connectivity index (χ4n) is 2.33. The van der Waals surface area contributed by atoms with Crippen molar-refractivity contribution >= 4 is 40.3 Å². The first-order valence-electron chi connectivity index (χ1n) is 7.36. The maximum atomic E-state index is 11.8. The second-order valence-electron chi connectivity index (χ2n) is 5.16. The summed E-state index contributed by atoms with van der Waals surface area (Å²) in [5.74, 6) is -0.648. The van der Waals surface area contributed by atoms with E-state index in [1.54, 1.807) is 18.3 Å². The third-order valence-corrected chi connectivity index (χ3v) is 4.35. The summed E-state index contributed by atoms with van der Waals surface area (Å²) in [6.07, 6.45) is 1.60. The van der Waals surface area contributed by atoms with E-state index in [1.807, 2.05) is 36.6 Å². The second kappa shape index (κ2) is 7.10. The number of benzene rings is 1. The monoisotopic (exact) mass is 340 g/mol. The van der Waals surface area contributed by atoms with Crippen molar-refractivity contribution in [1.29, 1.82) is 0 Å². The topological polar surface area (TPSA) is 86.3 Å². The molecule has 122 valence electrons. The largest absolute Gasteiger partial charge is 0.358 e. The fraction of sp³-hybridized carbons (Fsp3) is 0.118. The molecule has 0 spiro atoms. The standard InChI is InChI=1S/C17H16N4O2S/c1-11-13(12-5-2-3-6-14(12)20-11)9-19-21-16(22)10-18-17(23)15-7-4-8-24-15/h2-9,20H,10H2,1H3,(H,18,23)(H,21,22)/b19-9+. The first-order chi connectivity index (χ1) is 11.6. The van der Waals surface area contributed by atoms with Gasteiger partial charge in [0.25, 0.3) is 11.8 Å². The number of hydrogen-bond acceptors (Lipinski definition) is 4. The van der Waals surface area contributed by atoms with E-state index in [0.29, 0.717) is 4.88 Å². The molecule has 2 amide bonds. The van der Waals surface area contributed by atoms with Gasteiger partial charge in [0, 0.05) is 22.2 Å². The van der Waals surface area contributed by atoms with Crippen molar-refractivity contribution in [3.05, 3.63) is 57.9 Å². The Kier molecular flexibility index (Phi) is 4.72. The van der Waals surface area contributed by atoms with Crippen LogP contribution < -0.4 is 10.7 Å². The molecule has 0 bridgehead atoms. The van der Waals surface area contributed by atoms with Crippen molar-refractivity contribution in [3.8, 4) is 0 Å². The summed E-state index contributed by atoms with van der Waals surface area (Å²) in [7, 11) is 0. The quantitative estimate of drug-likeness (QED) is 0.492. The SMILES string of the molecule is Cc1[nH]c2ccccc2c1/C=N/NC(=O)CNC(=O)c1cccs1. The van der Waals surface area contributed by atoms with Crippen LogP contribution in [0.3, 0.4) is 0 Å². The molecule has 6 nitrogen and oxygen atoms in total. The van der Waals surface area contributed by atoms with Crippen molar-refractivity contribution in [2.24, 2.45) is 5.10 Å². The van der Waals surface area contributed by atoms with Crippen LogP contribution in [0.5, 0.6) is 0 Å². The number of carbonyl (C=O) groups excluding carboxylic acids is 2. The smallest absolute Gasteiger partial charge is 0.261 e. The van der Waals surface area contributed by atoms with Gasteiger partial charge >= 0.3 is 0 Å². The van der Waals surface area contributed by atoms with Gasteiger partial charge < -0.3 is 10.3 Å². The second-order valence-corrected chi connectivity index (χ2v) is 6.11. The van der Waals surface area contributed by atoms with E-state index in [-0.39, 0.29) is 18.4 Å². The Morgan fingerprint density at radius 2 is 2.08 bits per heavy atom. The molecule has 3 rings (SSSR count). The first-order valence-corrected chi connectivity index (χ1v) is 8.24. The molecule has 0 unspecified atom stereocenters. The molecule has 0 atom stereocenters. The number of hydrazone groups is 1. The fourth-order valence-corrected chi connectivity index (χ4v) is 2.97. The zero-order valence-electron chi connectivity index (χ0n) is 13.0. The maximum Gasteiger partial charge on any atom is 0.261 e. The number of amides is 2. The van der Waals surface area contributed by atoms with Crippen LogP contribution in [-0.4, -0.2) is 29.6 Å². The first kappa shape index (κ1) is 15.9. The van der Waals surface area contributed by atoms with Crippen molar-refractivity contribution in [2.45, 2.75) is 6.92 Å². The Morgan fingerprint density at radius 3 is 2.88 bits per heavy atom. The average Bonchev–Trinajstić information content (AvgIpc) is 3.21. The molecule has 24 heavy (non-hydrogen) atoms. The van der Waals surface area contributed by atoms with E-state index in [4.69, 9.17) is 0 Å². The van der Waals surface area contributed by atoms with E-state index < -0.39 is 0 Å². The molecule has 0 fully saturated rings. The van der Waals surface area contributed by atoms with Crippen molar-refractivity contribution in [2.75, 3.05) is 6.54 Å². The summed E-state index contributed by atoms with van der Waals surface area (Å²) in [4.78, 5) is 27.3. The molecule has 3 aromatic rings. The van der Waals surface area contributed by atoms with Crippen molar-refractivity contribution in [1.82, 2.24) is 15.7 Å². The van der Waals surface area contributed by atoms with E-state index in [1.165, 1.54) is 11.3 Å². The van der Waals surface area contributed by atoms with Crippen LogP contribution in [0.1, 0.15) is 20.9 Å². The van der Waals surface area contributed by atoms with Gasteiger partial charge in [0.2, 0.25) is 0 Å². The number of aryl methyl sites for hydroxylation is 1. The normalized spacial score (nSPS) is 11.0. The lowest BCUT2D eigenvalue weighted by atomic mass is 10.1. The molecular weight excluding hydrogens is 324 g/mol. The summed E-state index contributed by atoms with van der Waals surface area (Å²) in [5, 5.41) is 9.37. The number of H-pyrrole nitrogens is 1. The average molecular weight is 340 g/mol. The van der Waals surface area contributed by atoms with Crippen LogP contribution >= 0.6 is 11.3 Å². The van der Waals surface area contributed by atoms with E-state index in [0.717, 1.165) is 22.2 Å². The molecule has 0 radical (unpaired) electrons. The molecule has 0 aliphatic heterocycles. The highest BCUT2D eigenvalue weighted by Gasteiger charge is 2.08. The minimum absolute atomic E-state index is 0.124. The third kappa shape index (κ3) is 3.52. The number of nitrogens with one attached hydrogen (secondary N) is 3. The number of fused-ring (bicyclic) bond motifs is 1. The summed E-state index contributed by atoms with van der Waals surface area (Å²) < 4.78 is 0. The zero-order chi connectivity index (χ0) is 16.9. The van der Waals surface area contributed by atoms with Gasteiger partial charge in [-0.05, 0) is 24.4 Å². The number of rotatable bonds is 5. The Labute approximate surface area is 142 Å². The van der Waals surface area contributed by atoms with Crippen LogP contribution in [0.4, 0.5) is 0 Å². The molecule has 2 aromatic heterocycles. The molecule has 2 heterocycles. The highest BCUT2D eigenvalue weighted by atomic mass is 32.1. The summed E-state index contributed by atoms with van der Waals surface area (Å²) in [6, 6.07) is 11.4. The number of aromatic amines is 1. The number of aromatic nitrogens is 1. The highest BCUT2D eigenvalue weighted by molar-refractivity contribution is 7.12. The van der Waals surface area contributed by atoms with Crippen molar-refractivity contribution in [3.63, 3.8) is 0 Å². The Hall–Kier alpha value is -2.93. The van der Waals surface area contributed by atoms with Gasteiger partial charge in [-0.2, -0.15) is 5.10 Å². The van der Waals surface area contributed by atoms with E-state index in [9.17, 15) is 9.59 Å². The summed E-state index contributed by atoms with van der Waals surface area (Å²) in [5.41, 5.74) is 5.34. The predicted octanol–water partition coefficient (Wildman–Crippen LogP) is 2.42. The van der Waals surface area contributed by atoms with Gasteiger partial charge in [-0.3, -0.25) is 9.59 Å². The van der Waals surface area contributed by atoms with Crippen molar-refractivity contribution < 1.29 is 9.59 Å². The van der Waals surface area contributed by atoms with Gasteiger partial charge in [0.1, 0.15) is 0 Å². The molecule has 1 aromatic carbocycles. The molecule has 7 heteroatoms. The number of hydrogen-bond donors (Lipinski definition) is 3. The Bertz CT molecular complexity index is 897. The summed E-state index contributed by atoms with van der Waals surface area (Å²) >= 11 is 1.32. The zero-order valence-corrected chi connectivity index (χ0v) is 13.8. The van der Waals surface area contributed by atoms with E-state index >= 15 is 0 Å². The number of nitrogens with zero attached hydrogens (tertiary/aromatic N) is 1. The summed E-state index contributed by atoms with van der Waals surface area (Å²) in [6.45, 7) is 1.82. The van der Waals surface area contributed by atoms with Gasteiger partial charge in [0.05, 0.1) is 17.6 Å². The van der Waals surface area contributed by atoms with Crippen LogP contribution in [0.2, 0.25) is 0 Å². The molecule has 0 saturated heterocycles. The predicted molar refractivity (Wildman–Crippen MR) is 95.4 cm³/mol. The lowest BCUT2D eigenvalue weighted by Crippen LogP contribution is -2.34. The van der Waals surface area contributed by atoms with Crippen LogP contribution in [0.25, 0.3) is 10.9 Å². The molecular formula is C17H16N4O2S.